The first-order valence-corrected chi connectivity index (χ1v) is 9.88. The topological polar surface area (TPSA) is 92.4 Å². The predicted molar refractivity (Wildman–Crippen MR) is 106 cm³/mol. The van der Waals surface area contributed by atoms with Crippen molar-refractivity contribution in [2.75, 3.05) is 31.6 Å². The average Bonchev–Trinajstić information content (AvgIpc) is 3.11. The first-order valence-electron chi connectivity index (χ1n) is 9.00. The fraction of sp³-hybridized carbons (Fsp3) is 0.421. The number of thiazole rings is 1. The summed E-state index contributed by atoms with van der Waals surface area (Å²) in [4.78, 5) is 27.6. The summed E-state index contributed by atoms with van der Waals surface area (Å²) in [6.07, 6.45) is 1.16. The van der Waals surface area contributed by atoms with Crippen LogP contribution in [0.1, 0.15) is 18.9 Å². The lowest BCUT2D eigenvalue weighted by atomic mass is 10.1. The van der Waals surface area contributed by atoms with E-state index in [1.165, 1.54) is 18.3 Å². The van der Waals surface area contributed by atoms with Crippen LogP contribution in [-0.2, 0) is 20.7 Å². The van der Waals surface area contributed by atoms with Gasteiger partial charge in [-0.1, -0.05) is 24.3 Å². The number of amides is 2. The maximum Gasteiger partial charge on any atom is 0.227 e. The number of carbonyl (C=O) groups excluding carboxylic acids is 2. The molecule has 1 aliphatic heterocycles. The van der Waals surface area contributed by atoms with Gasteiger partial charge in [0.15, 0.2) is 5.13 Å². The summed E-state index contributed by atoms with van der Waals surface area (Å²) in [5.41, 5.74) is 2.98. The standard InChI is InChI=1S/C19H24N4O3S/c1-13(24)20-7-6-14-2-4-15(5-3-14)17-12-27-19(22-17)23-18(25)10-16-11-26-9-8-21-16/h2-5,12,16,21H,6-11H2,1H3,(H,20,24)(H,22,23,25). The Bertz CT molecular complexity index is 770. The van der Waals surface area contributed by atoms with E-state index in [9.17, 15) is 9.59 Å². The Morgan fingerprint density at radius 1 is 1.33 bits per heavy atom. The second-order valence-electron chi connectivity index (χ2n) is 6.45. The maximum absolute atomic E-state index is 12.1. The second kappa shape index (κ2) is 9.59. The molecule has 3 rings (SSSR count). The molecule has 2 amide bonds. The molecule has 144 valence electrons. The van der Waals surface area contributed by atoms with Crippen LogP contribution in [0.15, 0.2) is 29.6 Å². The van der Waals surface area contributed by atoms with Gasteiger partial charge in [-0.15, -0.1) is 11.3 Å². The van der Waals surface area contributed by atoms with E-state index in [0.29, 0.717) is 31.3 Å². The quantitative estimate of drug-likeness (QED) is 0.673. The summed E-state index contributed by atoms with van der Waals surface area (Å²) < 4.78 is 5.36. The summed E-state index contributed by atoms with van der Waals surface area (Å²) >= 11 is 1.41. The van der Waals surface area contributed by atoms with Crippen LogP contribution in [0.2, 0.25) is 0 Å². The molecular formula is C19H24N4O3S. The molecule has 0 aliphatic carbocycles. The Labute approximate surface area is 162 Å². The van der Waals surface area contributed by atoms with Crippen molar-refractivity contribution in [3.05, 3.63) is 35.2 Å². The van der Waals surface area contributed by atoms with Gasteiger partial charge in [-0.25, -0.2) is 4.98 Å². The number of aromatic nitrogens is 1. The molecule has 1 aromatic carbocycles. The van der Waals surface area contributed by atoms with Crippen molar-refractivity contribution >= 4 is 28.3 Å². The van der Waals surface area contributed by atoms with E-state index >= 15 is 0 Å². The maximum atomic E-state index is 12.1. The molecule has 2 aromatic rings. The highest BCUT2D eigenvalue weighted by atomic mass is 32.1. The van der Waals surface area contributed by atoms with E-state index in [1.54, 1.807) is 0 Å². The zero-order valence-electron chi connectivity index (χ0n) is 15.3. The molecule has 1 atom stereocenters. The highest BCUT2D eigenvalue weighted by molar-refractivity contribution is 7.14. The van der Waals surface area contributed by atoms with Gasteiger partial charge in [-0.05, 0) is 12.0 Å². The number of benzene rings is 1. The predicted octanol–water partition coefficient (Wildman–Crippen LogP) is 1.81. The molecule has 1 unspecified atom stereocenters. The van der Waals surface area contributed by atoms with Crippen molar-refractivity contribution < 1.29 is 14.3 Å². The SMILES string of the molecule is CC(=O)NCCc1ccc(-c2csc(NC(=O)CC3COCCN3)n2)cc1. The van der Waals surface area contributed by atoms with E-state index < -0.39 is 0 Å². The number of ether oxygens (including phenoxy) is 1. The Morgan fingerprint density at radius 2 is 2.15 bits per heavy atom. The van der Waals surface area contributed by atoms with Crippen LogP contribution in [0.4, 0.5) is 5.13 Å². The lowest BCUT2D eigenvalue weighted by Gasteiger charge is -2.22. The van der Waals surface area contributed by atoms with Gasteiger partial charge in [-0.3, -0.25) is 9.59 Å². The van der Waals surface area contributed by atoms with Crippen LogP contribution in [0.25, 0.3) is 11.3 Å². The molecule has 8 heteroatoms. The van der Waals surface area contributed by atoms with Gasteiger partial charge in [0, 0.05) is 43.4 Å². The van der Waals surface area contributed by atoms with Crippen molar-refractivity contribution in [3.63, 3.8) is 0 Å². The molecular weight excluding hydrogens is 364 g/mol. The van der Waals surface area contributed by atoms with Gasteiger partial charge in [0.2, 0.25) is 11.8 Å². The Balaban J connectivity index is 1.52. The monoisotopic (exact) mass is 388 g/mol. The largest absolute Gasteiger partial charge is 0.378 e. The van der Waals surface area contributed by atoms with Crippen LogP contribution in [0.5, 0.6) is 0 Å². The van der Waals surface area contributed by atoms with E-state index in [0.717, 1.165) is 29.8 Å². The summed E-state index contributed by atoms with van der Waals surface area (Å²) in [7, 11) is 0. The number of rotatable bonds is 7. The normalized spacial score (nSPS) is 16.7. The molecule has 0 bridgehead atoms. The Morgan fingerprint density at radius 3 is 2.85 bits per heavy atom. The molecule has 27 heavy (non-hydrogen) atoms. The number of nitrogens with zero attached hydrogens (tertiary/aromatic N) is 1. The summed E-state index contributed by atoms with van der Waals surface area (Å²) in [5.74, 6) is -0.0808. The highest BCUT2D eigenvalue weighted by Gasteiger charge is 2.17. The van der Waals surface area contributed by atoms with Gasteiger partial charge in [-0.2, -0.15) is 0 Å². The molecule has 1 aliphatic rings. The van der Waals surface area contributed by atoms with Crippen molar-refractivity contribution in [1.82, 2.24) is 15.6 Å². The van der Waals surface area contributed by atoms with Gasteiger partial charge in [0.05, 0.1) is 18.9 Å². The zero-order valence-corrected chi connectivity index (χ0v) is 16.1. The van der Waals surface area contributed by atoms with Crippen LogP contribution in [0, 0.1) is 0 Å². The molecule has 0 spiro atoms. The Hall–Kier alpha value is -2.29. The van der Waals surface area contributed by atoms with Gasteiger partial charge >= 0.3 is 0 Å². The van der Waals surface area contributed by atoms with E-state index in [2.05, 4.69) is 20.9 Å². The van der Waals surface area contributed by atoms with Crippen LogP contribution in [0.3, 0.4) is 0 Å². The summed E-state index contributed by atoms with van der Waals surface area (Å²) in [6, 6.07) is 8.13. The minimum Gasteiger partial charge on any atom is -0.378 e. The summed E-state index contributed by atoms with van der Waals surface area (Å²) in [6.45, 7) is 4.18. The minimum atomic E-state index is -0.0628. The first-order chi connectivity index (χ1) is 13.1. The van der Waals surface area contributed by atoms with Gasteiger partial charge in [0.1, 0.15) is 0 Å². The van der Waals surface area contributed by atoms with Crippen molar-refractivity contribution in [1.29, 1.82) is 0 Å². The van der Waals surface area contributed by atoms with Crippen LogP contribution >= 0.6 is 11.3 Å². The third-order valence-corrected chi connectivity index (χ3v) is 4.98. The second-order valence-corrected chi connectivity index (χ2v) is 7.30. The molecule has 1 fully saturated rings. The fourth-order valence-electron chi connectivity index (χ4n) is 2.83. The third kappa shape index (κ3) is 6.13. The van der Waals surface area contributed by atoms with Crippen molar-refractivity contribution in [2.45, 2.75) is 25.8 Å². The van der Waals surface area contributed by atoms with E-state index in [1.807, 2.05) is 29.6 Å². The lowest BCUT2D eigenvalue weighted by Crippen LogP contribution is -2.43. The molecule has 0 radical (unpaired) electrons. The number of carbonyl (C=O) groups is 2. The van der Waals surface area contributed by atoms with Gasteiger partial charge in [0.25, 0.3) is 0 Å². The molecule has 0 saturated carbocycles. The number of anilines is 1. The smallest absolute Gasteiger partial charge is 0.227 e. The minimum absolute atomic E-state index is 0.0181. The fourth-order valence-corrected chi connectivity index (χ4v) is 3.57. The third-order valence-electron chi connectivity index (χ3n) is 4.22. The first kappa shape index (κ1) is 19.5. The molecule has 1 aromatic heterocycles. The van der Waals surface area contributed by atoms with Crippen LogP contribution in [-0.4, -0.2) is 49.1 Å². The number of morpholine rings is 1. The zero-order chi connectivity index (χ0) is 19.1. The summed E-state index contributed by atoms with van der Waals surface area (Å²) in [5, 5.41) is 11.5. The highest BCUT2D eigenvalue weighted by Crippen LogP contribution is 2.25. The van der Waals surface area contributed by atoms with E-state index in [4.69, 9.17) is 4.74 Å². The average molecular weight is 388 g/mol. The molecule has 2 heterocycles. The molecule has 3 N–H and O–H groups in total. The van der Waals surface area contributed by atoms with Crippen molar-refractivity contribution in [2.24, 2.45) is 0 Å². The van der Waals surface area contributed by atoms with Crippen LogP contribution < -0.4 is 16.0 Å². The van der Waals surface area contributed by atoms with Crippen molar-refractivity contribution in [3.8, 4) is 11.3 Å². The number of hydrogen-bond donors (Lipinski definition) is 3. The number of nitrogens with one attached hydrogen (secondary N) is 3. The number of hydrogen-bond acceptors (Lipinski definition) is 6. The van der Waals surface area contributed by atoms with E-state index in [-0.39, 0.29) is 17.9 Å². The lowest BCUT2D eigenvalue weighted by molar-refractivity contribution is -0.119. The van der Waals surface area contributed by atoms with Gasteiger partial charge < -0.3 is 20.7 Å². The molecule has 1 saturated heterocycles. The molecule has 7 nitrogen and oxygen atoms in total. The Kier molecular flexibility index (Phi) is 6.92.